The first-order chi connectivity index (χ1) is 9.54. The summed E-state index contributed by atoms with van der Waals surface area (Å²) in [6, 6.07) is 10.3. The molecule has 0 unspecified atom stereocenters. The van der Waals surface area contributed by atoms with E-state index in [9.17, 15) is 9.18 Å². The first kappa shape index (κ1) is 12.7. The number of benzene rings is 2. The quantitative estimate of drug-likeness (QED) is 0.751. The van der Waals surface area contributed by atoms with Gasteiger partial charge < -0.3 is 9.52 Å². The van der Waals surface area contributed by atoms with Gasteiger partial charge in [0.15, 0.2) is 0 Å². The van der Waals surface area contributed by atoms with E-state index in [2.05, 4.69) is 0 Å². The zero-order valence-corrected chi connectivity index (χ0v) is 10.8. The number of carboxylic acids is 1. The lowest BCUT2D eigenvalue weighted by Gasteiger charge is -2.02. The molecule has 0 saturated carbocycles. The summed E-state index contributed by atoms with van der Waals surface area (Å²) in [5.74, 6) is -1.46. The maximum atomic E-state index is 13.2. The Bertz CT molecular complexity index is 823. The number of rotatable bonds is 2. The SMILES string of the molecule is O=C(O)c1cc(F)ccc1-c1cc2cc(Cl)ccc2o1. The minimum absolute atomic E-state index is 0.143. The summed E-state index contributed by atoms with van der Waals surface area (Å²) < 4.78 is 18.8. The summed E-state index contributed by atoms with van der Waals surface area (Å²) in [6.45, 7) is 0. The molecule has 0 radical (unpaired) electrons. The second kappa shape index (κ2) is 4.65. The van der Waals surface area contributed by atoms with Crippen LogP contribution in [0.3, 0.4) is 0 Å². The Labute approximate surface area is 118 Å². The first-order valence-electron chi connectivity index (χ1n) is 5.77. The van der Waals surface area contributed by atoms with Crippen molar-refractivity contribution < 1.29 is 18.7 Å². The van der Waals surface area contributed by atoms with Crippen LogP contribution in [0.25, 0.3) is 22.3 Å². The summed E-state index contributed by atoms with van der Waals surface area (Å²) in [5, 5.41) is 10.5. The fourth-order valence-corrected chi connectivity index (χ4v) is 2.24. The van der Waals surface area contributed by atoms with Crippen LogP contribution < -0.4 is 0 Å². The molecule has 2 aromatic carbocycles. The van der Waals surface area contributed by atoms with Crippen LogP contribution in [-0.4, -0.2) is 11.1 Å². The monoisotopic (exact) mass is 290 g/mol. The van der Waals surface area contributed by atoms with Gasteiger partial charge in [-0.25, -0.2) is 9.18 Å². The normalized spacial score (nSPS) is 10.9. The van der Waals surface area contributed by atoms with Crippen LogP contribution in [0.15, 0.2) is 46.9 Å². The molecule has 1 N–H and O–H groups in total. The molecule has 0 bridgehead atoms. The Kier molecular flexibility index (Phi) is 2.95. The van der Waals surface area contributed by atoms with Crippen LogP contribution in [0, 0.1) is 5.82 Å². The summed E-state index contributed by atoms with van der Waals surface area (Å²) in [4.78, 5) is 11.2. The van der Waals surface area contributed by atoms with Crippen molar-refractivity contribution in [2.24, 2.45) is 0 Å². The number of hydrogen-bond donors (Lipinski definition) is 1. The standard InChI is InChI=1S/C15H8ClFO3/c16-9-1-4-13-8(5-9)6-14(20-13)11-3-2-10(17)7-12(11)15(18)19/h1-7H,(H,18,19). The van der Waals surface area contributed by atoms with E-state index >= 15 is 0 Å². The van der Waals surface area contributed by atoms with E-state index in [1.165, 1.54) is 12.1 Å². The van der Waals surface area contributed by atoms with Gasteiger partial charge >= 0.3 is 5.97 Å². The number of carbonyl (C=O) groups is 1. The topological polar surface area (TPSA) is 50.4 Å². The second-order valence-electron chi connectivity index (χ2n) is 4.29. The highest BCUT2D eigenvalue weighted by Crippen LogP contribution is 2.31. The van der Waals surface area contributed by atoms with E-state index in [0.717, 1.165) is 11.5 Å². The van der Waals surface area contributed by atoms with Crippen LogP contribution in [0.1, 0.15) is 10.4 Å². The molecule has 3 nitrogen and oxygen atoms in total. The maximum Gasteiger partial charge on any atom is 0.336 e. The zero-order chi connectivity index (χ0) is 14.3. The van der Waals surface area contributed by atoms with Crippen molar-refractivity contribution in [3.8, 4) is 11.3 Å². The largest absolute Gasteiger partial charge is 0.478 e. The van der Waals surface area contributed by atoms with Crippen molar-refractivity contribution in [1.82, 2.24) is 0 Å². The molecule has 0 aliphatic rings. The molecule has 5 heteroatoms. The molecule has 0 fully saturated rings. The van der Waals surface area contributed by atoms with Crippen LogP contribution in [0.2, 0.25) is 5.02 Å². The highest BCUT2D eigenvalue weighted by Gasteiger charge is 2.16. The van der Waals surface area contributed by atoms with Crippen molar-refractivity contribution in [2.75, 3.05) is 0 Å². The van der Waals surface area contributed by atoms with Gasteiger partial charge in [-0.2, -0.15) is 0 Å². The zero-order valence-electron chi connectivity index (χ0n) is 10.1. The Hall–Kier alpha value is -2.33. The van der Waals surface area contributed by atoms with E-state index in [-0.39, 0.29) is 5.56 Å². The van der Waals surface area contributed by atoms with Gasteiger partial charge in [-0.3, -0.25) is 0 Å². The molecule has 0 aliphatic heterocycles. The van der Waals surface area contributed by atoms with Crippen molar-refractivity contribution in [3.63, 3.8) is 0 Å². The van der Waals surface area contributed by atoms with Crippen LogP contribution in [0.5, 0.6) is 0 Å². The second-order valence-corrected chi connectivity index (χ2v) is 4.72. The molecule has 3 aromatic rings. The van der Waals surface area contributed by atoms with Gasteiger partial charge in [0.25, 0.3) is 0 Å². The van der Waals surface area contributed by atoms with Gasteiger partial charge in [-0.15, -0.1) is 0 Å². The van der Waals surface area contributed by atoms with Gasteiger partial charge in [-0.1, -0.05) is 11.6 Å². The Morgan fingerprint density at radius 1 is 1.15 bits per heavy atom. The molecule has 20 heavy (non-hydrogen) atoms. The number of furan rings is 1. The molecular formula is C15H8ClFO3. The average Bonchev–Trinajstić information content (AvgIpc) is 2.81. The molecule has 100 valence electrons. The number of aromatic carboxylic acids is 1. The van der Waals surface area contributed by atoms with E-state index < -0.39 is 11.8 Å². The van der Waals surface area contributed by atoms with E-state index in [4.69, 9.17) is 21.1 Å². The van der Waals surface area contributed by atoms with Gasteiger partial charge in [0.2, 0.25) is 0 Å². The summed E-state index contributed by atoms with van der Waals surface area (Å²) >= 11 is 5.89. The predicted molar refractivity (Wildman–Crippen MR) is 73.6 cm³/mol. The van der Waals surface area contributed by atoms with Gasteiger partial charge in [0, 0.05) is 16.0 Å². The molecule has 0 aliphatic carbocycles. The Balaban J connectivity index is 2.22. The average molecular weight is 291 g/mol. The van der Waals surface area contributed by atoms with Crippen molar-refractivity contribution in [1.29, 1.82) is 0 Å². The maximum absolute atomic E-state index is 13.2. The third-order valence-electron chi connectivity index (χ3n) is 2.96. The highest BCUT2D eigenvalue weighted by molar-refractivity contribution is 6.31. The summed E-state index contributed by atoms with van der Waals surface area (Å²) in [7, 11) is 0. The highest BCUT2D eigenvalue weighted by atomic mass is 35.5. The van der Waals surface area contributed by atoms with Crippen LogP contribution in [0.4, 0.5) is 4.39 Å². The molecule has 1 aromatic heterocycles. The summed E-state index contributed by atoms with van der Waals surface area (Å²) in [5.41, 5.74) is 0.770. The van der Waals surface area contributed by atoms with E-state index in [0.29, 0.717) is 21.9 Å². The first-order valence-corrected chi connectivity index (χ1v) is 6.15. The predicted octanol–water partition coefficient (Wildman–Crippen LogP) is 4.59. The smallest absolute Gasteiger partial charge is 0.336 e. The Morgan fingerprint density at radius 3 is 2.70 bits per heavy atom. The molecule has 0 amide bonds. The molecule has 1 heterocycles. The number of hydrogen-bond acceptors (Lipinski definition) is 2. The van der Waals surface area contributed by atoms with Crippen molar-refractivity contribution in [2.45, 2.75) is 0 Å². The lowest BCUT2D eigenvalue weighted by Crippen LogP contribution is -1.99. The van der Waals surface area contributed by atoms with Crippen LogP contribution >= 0.6 is 11.6 Å². The van der Waals surface area contributed by atoms with Crippen LogP contribution in [-0.2, 0) is 0 Å². The van der Waals surface area contributed by atoms with Gasteiger partial charge in [0.1, 0.15) is 17.2 Å². The third-order valence-corrected chi connectivity index (χ3v) is 3.19. The Morgan fingerprint density at radius 2 is 1.95 bits per heavy atom. The number of halogens is 2. The molecule has 3 rings (SSSR count). The van der Waals surface area contributed by atoms with E-state index in [1.54, 1.807) is 24.3 Å². The lowest BCUT2D eigenvalue weighted by molar-refractivity contribution is 0.0697. The van der Waals surface area contributed by atoms with Gasteiger partial charge in [0.05, 0.1) is 5.56 Å². The lowest BCUT2D eigenvalue weighted by atomic mass is 10.0. The minimum Gasteiger partial charge on any atom is -0.478 e. The van der Waals surface area contributed by atoms with E-state index in [1.807, 2.05) is 0 Å². The fourth-order valence-electron chi connectivity index (χ4n) is 2.06. The molecule has 0 saturated heterocycles. The molecule has 0 atom stereocenters. The third kappa shape index (κ3) is 2.14. The minimum atomic E-state index is -1.21. The number of carboxylic acid groups (broad SMARTS) is 1. The molecular weight excluding hydrogens is 283 g/mol. The summed E-state index contributed by atoms with van der Waals surface area (Å²) in [6.07, 6.45) is 0. The fraction of sp³-hybridized carbons (Fsp3) is 0. The van der Waals surface area contributed by atoms with Crippen molar-refractivity contribution >= 4 is 28.5 Å². The molecule has 0 spiro atoms. The van der Waals surface area contributed by atoms with Crippen molar-refractivity contribution in [3.05, 3.63) is 58.9 Å². The number of fused-ring (bicyclic) bond motifs is 1. The van der Waals surface area contributed by atoms with Gasteiger partial charge in [-0.05, 0) is 42.5 Å².